The maximum absolute atomic E-state index is 13.0. The first-order valence-corrected chi connectivity index (χ1v) is 14.9. The van der Waals surface area contributed by atoms with Gasteiger partial charge in [0.1, 0.15) is 0 Å². The molecule has 0 unspecified atom stereocenters. The van der Waals surface area contributed by atoms with Gasteiger partial charge in [-0.2, -0.15) is 0 Å². The monoisotopic (exact) mass is 703 g/mol. The van der Waals surface area contributed by atoms with Crippen LogP contribution in [-0.2, 0) is 4.79 Å². The summed E-state index contributed by atoms with van der Waals surface area (Å²) in [7, 11) is 0. The lowest BCUT2D eigenvalue weighted by atomic mass is 10.1. The standard InChI is InChI=1S/C25H14BrCl4N3O4S2/c26-12-6-4-11(5-7-12)15-9-39-25(32-15)33-16(34)10-38-14-3-1-2-13(8-14)31-23(35)17-18(24(36)37)20(28)22(30)21(29)19(17)27/h1-9H,10H2,(H,31,35)(H,36,37)(H,32,33,34). The van der Waals surface area contributed by atoms with Gasteiger partial charge in [-0.15, -0.1) is 23.1 Å². The SMILES string of the molecule is O=C(CSc1cccc(NC(=O)c2c(Cl)c(Cl)c(Cl)c(Cl)c2C(=O)O)c1)Nc1nc(-c2ccc(Br)cc2)cs1. The molecular formula is C25H14BrCl4N3O4S2. The molecule has 39 heavy (non-hydrogen) atoms. The van der Waals surface area contributed by atoms with Crippen LogP contribution < -0.4 is 10.6 Å². The van der Waals surface area contributed by atoms with Gasteiger partial charge < -0.3 is 15.7 Å². The number of anilines is 2. The molecule has 1 aromatic heterocycles. The average Bonchev–Trinajstić information content (AvgIpc) is 3.36. The molecule has 0 aliphatic heterocycles. The number of aromatic nitrogens is 1. The molecule has 0 aliphatic rings. The molecule has 7 nitrogen and oxygen atoms in total. The molecule has 0 spiro atoms. The van der Waals surface area contributed by atoms with Crippen molar-refractivity contribution in [1.29, 1.82) is 0 Å². The highest BCUT2D eigenvalue weighted by atomic mass is 79.9. The molecule has 0 bridgehead atoms. The summed E-state index contributed by atoms with van der Waals surface area (Å²) in [6.45, 7) is 0. The number of carbonyl (C=O) groups excluding carboxylic acids is 2. The highest BCUT2D eigenvalue weighted by Crippen LogP contribution is 2.42. The number of benzene rings is 3. The number of rotatable bonds is 8. The fraction of sp³-hybridized carbons (Fsp3) is 0.0400. The molecule has 4 rings (SSSR count). The van der Waals surface area contributed by atoms with Crippen molar-refractivity contribution in [3.63, 3.8) is 0 Å². The maximum Gasteiger partial charge on any atom is 0.338 e. The molecule has 1 heterocycles. The molecule has 2 amide bonds. The third kappa shape index (κ3) is 7.07. The van der Waals surface area contributed by atoms with Crippen LogP contribution in [0.5, 0.6) is 0 Å². The highest BCUT2D eigenvalue weighted by molar-refractivity contribution is 9.10. The third-order valence-corrected chi connectivity index (χ3v) is 9.14. The largest absolute Gasteiger partial charge is 0.478 e. The molecular weight excluding hydrogens is 692 g/mol. The number of hydrogen-bond donors (Lipinski definition) is 3. The van der Waals surface area contributed by atoms with Gasteiger partial charge in [-0.1, -0.05) is 80.5 Å². The summed E-state index contributed by atoms with van der Waals surface area (Å²) in [5.74, 6) is -2.51. The minimum Gasteiger partial charge on any atom is -0.478 e. The molecule has 200 valence electrons. The second kappa shape index (κ2) is 12.9. The summed E-state index contributed by atoms with van der Waals surface area (Å²) >= 11 is 30.1. The van der Waals surface area contributed by atoms with Gasteiger partial charge in [-0.05, 0) is 30.3 Å². The van der Waals surface area contributed by atoms with Crippen molar-refractivity contribution in [2.45, 2.75) is 4.90 Å². The maximum atomic E-state index is 13.0. The van der Waals surface area contributed by atoms with Crippen molar-refractivity contribution >= 4 is 114 Å². The average molecular weight is 706 g/mol. The molecule has 4 aromatic rings. The summed E-state index contributed by atoms with van der Waals surface area (Å²) in [6.07, 6.45) is 0. The molecule has 0 atom stereocenters. The van der Waals surface area contributed by atoms with Gasteiger partial charge in [-0.25, -0.2) is 9.78 Å². The Hall–Kier alpha value is -2.31. The van der Waals surface area contributed by atoms with Crippen LogP contribution in [0, 0.1) is 0 Å². The van der Waals surface area contributed by atoms with Crippen LogP contribution in [0.2, 0.25) is 20.1 Å². The molecule has 14 heteroatoms. The van der Waals surface area contributed by atoms with Crippen molar-refractivity contribution in [1.82, 2.24) is 4.98 Å². The Morgan fingerprint density at radius 2 is 1.59 bits per heavy atom. The molecule has 0 fully saturated rings. The van der Waals surface area contributed by atoms with Crippen LogP contribution in [0.1, 0.15) is 20.7 Å². The van der Waals surface area contributed by atoms with Gasteiger partial charge in [0.2, 0.25) is 5.91 Å². The smallest absolute Gasteiger partial charge is 0.338 e. The van der Waals surface area contributed by atoms with Gasteiger partial charge in [-0.3, -0.25) is 9.59 Å². The number of nitrogens with one attached hydrogen (secondary N) is 2. The predicted molar refractivity (Wildman–Crippen MR) is 162 cm³/mol. The van der Waals surface area contributed by atoms with E-state index >= 15 is 0 Å². The summed E-state index contributed by atoms with van der Waals surface area (Å²) in [4.78, 5) is 42.4. The quantitative estimate of drug-likeness (QED) is 0.0961. The van der Waals surface area contributed by atoms with Crippen molar-refractivity contribution in [3.05, 3.63) is 89.6 Å². The fourth-order valence-corrected chi connectivity index (χ4v) is 6.07. The fourth-order valence-electron chi connectivity index (χ4n) is 3.29. The highest BCUT2D eigenvalue weighted by Gasteiger charge is 2.29. The van der Waals surface area contributed by atoms with E-state index in [4.69, 9.17) is 46.4 Å². The Kier molecular flexibility index (Phi) is 9.82. The van der Waals surface area contributed by atoms with Gasteiger partial charge in [0.05, 0.1) is 42.7 Å². The van der Waals surface area contributed by atoms with Crippen LogP contribution in [0.3, 0.4) is 0 Å². The number of carboxylic acids is 1. The zero-order valence-corrected chi connectivity index (χ0v) is 25.5. The second-order valence-corrected chi connectivity index (χ2v) is 12.0. The van der Waals surface area contributed by atoms with E-state index in [1.165, 1.54) is 23.1 Å². The van der Waals surface area contributed by atoms with Crippen molar-refractivity contribution in [3.8, 4) is 11.3 Å². The summed E-state index contributed by atoms with van der Waals surface area (Å²) < 4.78 is 0.961. The molecule has 3 aromatic carbocycles. The van der Waals surface area contributed by atoms with Crippen LogP contribution in [-0.4, -0.2) is 33.6 Å². The third-order valence-electron chi connectivity index (χ3n) is 5.06. The van der Waals surface area contributed by atoms with Crippen molar-refractivity contribution in [2.24, 2.45) is 0 Å². The molecule has 0 aliphatic carbocycles. The Labute approximate surface area is 259 Å². The lowest BCUT2D eigenvalue weighted by Crippen LogP contribution is -2.18. The lowest BCUT2D eigenvalue weighted by molar-refractivity contribution is -0.113. The van der Waals surface area contributed by atoms with Crippen LogP contribution in [0.4, 0.5) is 10.8 Å². The molecule has 3 N–H and O–H groups in total. The van der Waals surface area contributed by atoms with E-state index in [9.17, 15) is 19.5 Å². The van der Waals surface area contributed by atoms with E-state index < -0.39 is 28.0 Å². The van der Waals surface area contributed by atoms with Gasteiger partial charge in [0.15, 0.2) is 5.13 Å². The van der Waals surface area contributed by atoms with Crippen LogP contribution >= 0.6 is 85.4 Å². The lowest BCUT2D eigenvalue weighted by Gasteiger charge is -2.14. The van der Waals surface area contributed by atoms with Crippen LogP contribution in [0.15, 0.2) is 63.3 Å². The van der Waals surface area contributed by atoms with Gasteiger partial charge in [0.25, 0.3) is 5.91 Å². The minimum absolute atomic E-state index is 0.0853. The van der Waals surface area contributed by atoms with Gasteiger partial charge in [0, 0.05) is 26.0 Å². The second-order valence-electron chi connectivity index (χ2n) is 7.67. The molecule has 0 saturated heterocycles. The van der Waals surface area contributed by atoms with Gasteiger partial charge >= 0.3 is 5.97 Å². The number of thioether (sulfide) groups is 1. The number of carbonyl (C=O) groups is 3. The predicted octanol–water partition coefficient (Wildman–Crippen LogP) is 8.87. The Morgan fingerprint density at radius 3 is 2.26 bits per heavy atom. The normalized spacial score (nSPS) is 10.8. The number of thiazole rings is 1. The summed E-state index contributed by atoms with van der Waals surface area (Å²) in [5, 5.41) is 16.0. The zero-order valence-electron chi connectivity index (χ0n) is 19.2. The summed E-state index contributed by atoms with van der Waals surface area (Å²) in [6, 6.07) is 14.3. The summed E-state index contributed by atoms with van der Waals surface area (Å²) in [5.41, 5.74) is 1.03. The molecule has 0 saturated carbocycles. The Bertz CT molecular complexity index is 1600. The van der Waals surface area contributed by atoms with E-state index in [1.807, 2.05) is 29.6 Å². The first kappa shape index (κ1) is 29.7. The topological polar surface area (TPSA) is 108 Å². The number of hydrogen-bond acceptors (Lipinski definition) is 6. The van der Waals surface area contributed by atoms with E-state index in [0.29, 0.717) is 15.7 Å². The molecule has 0 radical (unpaired) electrons. The minimum atomic E-state index is -1.50. The van der Waals surface area contributed by atoms with Crippen LogP contribution in [0.25, 0.3) is 11.3 Å². The van der Waals surface area contributed by atoms with E-state index in [0.717, 1.165) is 15.7 Å². The van der Waals surface area contributed by atoms with E-state index in [-0.39, 0.29) is 26.7 Å². The number of carboxylic acid groups (broad SMARTS) is 1. The van der Waals surface area contributed by atoms with Crippen molar-refractivity contribution in [2.75, 3.05) is 16.4 Å². The number of aromatic carboxylic acids is 1. The Morgan fingerprint density at radius 1 is 0.923 bits per heavy atom. The number of amides is 2. The Balaban J connectivity index is 1.41. The first-order chi connectivity index (χ1) is 18.5. The van der Waals surface area contributed by atoms with Crippen molar-refractivity contribution < 1.29 is 19.5 Å². The van der Waals surface area contributed by atoms with E-state index in [1.54, 1.807) is 24.3 Å². The first-order valence-electron chi connectivity index (χ1n) is 10.7. The number of halogens is 5. The number of nitrogens with zero attached hydrogens (tertiary/aromatic N) is 1. The zero-order chi connectivity index (χ0) is 28.3. The van der Waals surface area contributed by atoms with E-state index in [2.05, 4.69) is 31.5 Å².